The first-order valence-electron chi connectivity index (χ1n) is 11.9. The number of rotatable bonds is 8. The van der Waals surface area contributed by atoms with Crippen LogP contribution in [-0.4, -0.2) is 34.9 Å². The molecule has 2 amide bonds. The Balaban J connectivity index is 1.29. The largest absolute Gasteiger partial charge is 0.497 e. The predicted molar refractivity (Wildman–Crippen MR) is 145 cm³/mol. The molecule has 0 unspecified atom stereocenters. The lowest BCUT2D eigenvalue weighted by Gasteiger charge is -2.10. The van der Waals surface area contributed by atoms with Gasteiger partial charge in [0.25, 0.3) is 11.8 Å². The van der Waals surface area contributed by atoms with Gasteiger partial charge in [-0.25, -0.2) is 0 Å². The number of anilines is 2. The molecule has 0 aliphatic rings. The Kier molecular flexibility index (Phi) is 7.22. The van der Waals surface area contributed by atoms with E-state index in [1.165, 1.54) is 6.07 Å². The molecule has 0 saturated heterocycles. The predicted octanol–water partition coefficient (Wildman–Crippen LogP) is 5.48. The molecule has 1 aromatic heterocycles. The highest BCUT2D eigenvalue weighted by molar-refractivity contribution is 6.17. The van der Waals surface area contributed by atoms with Gasteiger partial charge in [0.15, 0.2) is 5.78 Å². The summed E-state index contributed by atoms with van der Waals surface area (Å²) in [5.74, 6) is -0.324. The maximum atomic E-state index is 13.1. The second kappa shape index (κ2) is 11.2. The summed E-state index contributed by atoms with van der Waals surface area (Å²) in [6.45, 7) is 0. The van der Waals surface area contributed by atoms with Crippen molar-refractivity contribution in [2.24, 2.45) is 0 Å². The minimum absolute atomic E-state index is 0.0754. The van der Waals surface area contributed by atoms with Crippen LogP contribution >= 0.6 is 0 Å². The summed E-state index contributed by atoms with van der Waals surface area (Å²) in [6.07, 6.45) is 0. The van der Waals surface area contributed by atoms with E-state index in [2.05, 4.69) is 20.8 Å². The Morgan fingerprint density at radius 1 is 0.692 bits per heavy atom. The molecule has 0 saturated carbocycles. The van der Waals surface area contributed by atoms with E-state index in [4.69, 9.17) is 9.15 Å². The first-order valence-corrected chi connectivity index (χ1v) is 11.9. The summed E-state index contributed by atoms with van der Waals surface area (Å²) >= 11 is 0. The summed E-state index contributed by atoms with van der Waals surface area (Å²) < 4.78 is 10.7. The molecule has 0 aliphatic carbocycles. The monoisotopic (exact) mass is 518 g/mol. The molecule has 0 radical (unpaired) electrons. The number of aromatic nitrogens is 2. The van der Waals surface area contributed by atoms with Crippen molar-refractivity contribution in [3.63, 3.8) is 0 Å². The van der Waals surface area contributed by atoms with E-state index in [0.29, 0.717) is 22.6 Å². The number of ketones is 1. The van der Waals surface area contributed by atoms with Crippen LogP contribution in [0.15, 0.2) is 108 Å². The van der Waals surface area contributed by atoms with Gasteiger partial charge in [-0.2, -0.15) is 0 Å². The van der Waals surface area contributed by atoms with Crippen LogP contribution in [0.1, 0.15) is 36.6 Å². The van der Waals surface area contributed by atoms with Gasteiger partial charge in [-0.3, -0.25) is 19.7 Å². The number of carbonyl (C=O) groups is 3. The lowest BCUT2D eigenvalue weighted by Crippen LogP contribution is -2.17. The van der Waals surface area contributed by atoms with Crippen molar-refractivity contribution in [2.45, 2.75) is 0 Å². The van der Waals surface area contributed by atoms with Crippen molar-refractivity contribution in [3.8, 4) is 17.2 Å². The van der Waals surface area contributed by atoms with E-state index >= 15 is 0 Å². The van der Waals surface area contributed by atoms with Gasteiger partial charge >= 0.3 is 6.01 Å². The molecule has 9 heteroatoms. The molecule has 39 heavy (non-hydrogen) atoms. The van der Waals surface area contributed by atoms with Crippen LogP contribution in [-0.2, 0) is 0 Å². The van der Waals surface area contributed by atoms with Crippen LogP contribution < -0.4 is 15.4 Å². The van der Waals surface area contributed by atoms with Gasteiger partial charge in [0.05, 0.1) is 12.7 Å². The number of hydrogen-bond donors (Lipinski definition) is 2. The molecule has 0 aliphatic heterocycles. The number of benzene rings is 4. The lowest BCUT2D eigenvalue weighted by atomic mass is 9.98. The molecule has 5 aromatic rings. The molecule has 9 nitrogen and oxygen atoms in total. The molecule has 0 bridgehead atoms. The molecule has 192 valence electrons. The van der Waals surface area contributed by atoms with Crippen LogP contribution in [0.4, 0.5) is 11.7 Å². The van der Waals surface area contributed by atoms with Gasteiger partial charge in [-0.15, -0.1) is 5.10 Å². The van der Waals surface area contributed by atoms with Crippen molar-refractivity contribution < 1.29 is 23.5 Å². The van der Waals surface area contributed by atoms with E-state index in [1.54, 1.807) is 98.1 Å². The summed E-state index contributed by atoms with van der Waals surface area (Å²) in [5, 5.41) is 13.2. The third-order valence-electron chi connectivity index (χ3n) is 5.82. The van der Waals surface area contributed by atoms with Crippen molar-refractivity contribution in [1.29, 1.82) is 0 Å². The van der Waals surface area contributed by atoms with Crippen molar-refractivity contribution >= 4 is 29.3 Å². The highest BCUT2D eigenvalue weighted by atomic mass is 16.5. The fourth-order valence-corrected chi connectivity index (χ4v) is 3.85. The van der Waals surface area contributed by atoms with Gasteiger partial charge in [0, 0.05) is 27.9 Å². The Morgan fingerprint density at radius 2 is 1.38 bits per heavy atom. The molecule has 0 spiro atoms. The Hall–Kier alpha value is -5.57. The first-order chi connectivity index (χ1) is 19.0. The van der Waals surface area contributed by atoms with Gasteiger partial charge < -0.3 is 14.5 Å². The van der Waals surface area contributed by atoms with Crippen LogP contribution in [0.2, 0.25) is 0 Å². The maximum absolute atomic E-state index is 13.1. The number of ether oxygens (including phenoxy) is 1. The van der Waals surface area contributed by atoms with E-state index < -0.39 is 11.8 Å². The van der Waals surface area contributed by atoms with Gasteiger partial charge in [-0.1, -0.05) is 59.7 Å². The fraction of sp³-hybridized carbons (Fsp3) is 0.0333. The first kappa shape index (κ1) is 25.1. The number of nitrogens with one attached hydrogen (secondary N) is 2. The minimum Gasteiger partial charge on any atom is -0.497 e. The minimum atomic E-state index is -0.504. The molecule has 2 N–H and O–H groups in total. The van der Waals surface area contributed by atoms with E-state index in [1.807, 2.05) is 6.07 Å². The molecule has 4 aromatic carbocycles. The Bertz CT molecular complexity index is 1650. The normalized spacial score (nSPS) is 10.5. The standard InChI is InChI=1S/C30H22N4O5/c1-38-23-16-14-20(15-17-23)29-33-34-30(39-29)32-27(36)21-10-7-11-22(18-21)31-28(37)25-13-6-5-12-24(25)26(35)19-8-3-2-4-9-19/h2-18H,1H3,(H,31,37)(H,32,34,36). The van der Waals surface area contributed by atoms with Gasteiger partial charge in [-0.05, 0) is 48.5 Å². The zero-order valence-corrected chi connectivity index (χ0v) is 20.8. The average Bonchev–Trinajstić information content (AvgIpc) is 3.45. The maximum Gasteiger partial charge on any atom is 0.322 e. The van der Waals surface area contributed by atoms with Crippen LogP contribution in [0.5, 0.6) is 5.75 Å². The SMILES string of the molecule is COc1ccc(-c2nnc(NC(=O)c3cccc(NC(=O)c4ccccc4C(=O)c4ccccc4)c3)o2)cc1. The smallest absolute Gasteiger partial charge is 0.322 e. The number of amides is 2. The Morgan fingerprint density at radius 3 is 2.13 bits per heavy atom. The number of nitrogens with zero attached hydrogens (tertiary/aromatic N) is 2. The zero-order valence-electron chi connectivity index (χ0n) is 20.8. The third-order valence-corrected chi connectivity index (χ3v) is 5.82. The molecular weight excluding hydrogens is 496 g/mol. The molecule has 5 rings (SSSR count). The topological polar surface area (TPSA) is 123 Å². The lowest BCUT2D eigenvalue weighted by molar-refractivity contribution is 0.0996. The summed E-state index contributed by atoms with van der Waals surface area (Å²) in [4.78, 5) is 39.0. The number of carbonyl (C=O) groups excluding carboxylic acids is 3. The number of methoxy groups -OCH3 is 1. The van der Waals surface area contributed by atoms with Crippen LogP contribution in [0.3, 0.4) is 0 Å². The number of hydrogen-bond acceptors (Lipinski definition) is 7. The zero-order chi connectivity index (χ0) is 27.2. The summed E-state index contributed by atoms with van der Waals surface area (Å²) in [5.41, 5.74) is 2.27. The van der Waals surface area contributed by atoms with E-state index in [0.717, 1.165) is 0 Å². The molecule has 0 atom stereocenters. The van der Waals surface area contributed by atoms with Gasteiger partial charge in [0.2, 0.25) is 5.89 Å². The Labute approximate surface area is 223 Å². The third kappa shape index (κ3) is 5.72. The van der Waals surface area contributed by atoms with Crippen molar-refractivity contribution in [2.75, 3.05) is 17.7 Å². The molecule has 1 heterocycles. The van der Waals surface area contributed by atoms with Crippen LogP contribution in [0, 0.1) is 0 Å². The highest BCUT2D eigenvalue weighted by Gasteiger charge is 2.19. The van der Waals surface area contributed by atoms with E-state index in [-0.39, 0.29) is 34.4 Å². The second-order valence-corrected chi connectivity index (χ2v) is 8.37. The second-order valence-electron chi connectivity index (χ2n) is 8.37. The average molecular weight is 519 g/mol. The highest BCUT2D eigenvalue weighted by Crippen LogP contribution is 2.23. The quantitative estimate of drug-likeness (QED) is 0.261. The molecule has 0 fully saturated rings. The van der Waals surface area contributed by atoms with Crippen molar-refractivity contribution in [1.82, 2.24) is 10.2 Å². The van der Waals surface area contributed by atoms with Crippen LogP contribution in [0.25, 0.3) is 11.5 Å². The molecular formula is C30H22N4O5. The fourth-order valence-electron chi connectivity index (χ4n) is 3.85. The summed E-state index contributed by atoms with van der Waals surface area (Å²) in [6, 6.07) is 28.6. The van der Waals surface area contributed by atoms with E-state index in [9.17, 15) is 14.4 Å². The van der Waals surface area contributed by atoms with Gasteiger partial charge in [0.1, 0.15) is 5.75 Å². The van der Waals surface area contributed by atoms with Crippen molar-refractivity contribution in [3.05, 3.63) is 125 Å². The summed E-state index contributed by atoms with van der Waals surface area (Å²) in [7, 11) is 1.57.